The highest BCUT2D eigenvalue weighted by Gasteiger charge is 2.48. The van der Waals surface area contributed by atoms with Gasteiger partial charge in [-0.15, -0.1) is 0 Å². The van der Waals surface area contributed by atoms with Gasteiger partial charge in [0.25, 0.3) is 0 Å². The molecule has 14 heavy (non-hydrogen) atoms. The molecule has 0 bridgehead atoms. The summed E-state index contributed by atoms with van der Waals surface area (Å²) < 4.78 is 22.6. The van der Waals surface area contributed by atoms with E-state index in [1.54, 1.807) is 0 Å². The first-order chi connectivity index (χ1) is 6.35. The van der Waals surface area contributed by atoms with Crippen LogP contribution in [0.3, 0.4) is 0 Å². The van der Waals surface area contributed by atoms with Crippen molar-refractivity contribution in [3.63, 3.8) is 0 Å². The van der Waals surface area contributed by atoms with Crippen LogP contribution < -0.4 is 0 Å². The van der Waals surface area contributed by atoms with Gasteiger partial charge < -0.3 is 5.11 Å². The Balaban J connectivity index is 2.95. The minimum absolute atomic E-state index is 0.0581. The molecule has 0 unspecified atom stereocenters. The zero-order valence-corrected chi connectivity index (χ0v) is 9.21. The first-order valence-corrected chi connectivity index (χ1v) is 6.52. The molecule has 1 aliphatic rings. The second-order valence-corrected chi connectivity index (χ2v) is 6.54. The highest BCUT2D eigenvalue weighted by atomic mass is 32.2. The average molecular weight is 217 g/mol. The summed E-state index contributed by atoms with van der Waals surface area (Å²) >= 11 is 0. The van der Waals surface area contributed by atoms with Crippen LogP contribution in [0, 0.1) is 22.7 Å². The summed E-state index contributed by atoms with van der Waals surface area (Å²) in [4.78, 5) is 0. The van der Waals surface area contributed by atoms with Crippen molar-refractivity contribution in [1.29, 1.82) is 5.26 Å². The van der Waals surface area contributed by atoms with E-state index in [0.29, 0.717) is 6.42 Å². The van der Waals surface area contributed by atoms with E-state index < -0.39 is 20.5 Å². The molecule has 1 rings (SSSR count). The van der Waals surface area contributed by atoms with Crippen molar-refractivity contribution in [3.05, 3.63) is 0 Å². The quantitative estimate of drug-likeness (QED) is 0.723. The molecular formula is C9H15NO3S. The fourth-order valence-electron chi connectivity index (χ4n) is 2.05. The lowest BCUT2D eigenvalue weighted by Gasteiger charge is -2.22. The van der Waals surface area contributed by atoms with Gasteiger partial charge in [0, 0.05) is 6.26 Å². The molecule has 0 amide bonds. The normalized spacial score (nSPS) is 38.1. The largest absolute Gasteiger partial charge is 0.395 e. The second-order valence-electron chi connectivity index (χ2n) is 4.22. The summed E-state index contributed by atoms with van der Waals surface area (Å²) in [6.07, 6.45) is 1.93. The van der Waals surface area contributed by atoms with Crippen LogP contribution in [0.5, 0.6) is 0 Å². The Kier molecular flexibility index (Phi) is 2.88. The first-order valence-electron chi connectivity index (χ1n) is 4.56. The standard InChI is InChI=1S/C9H15NO3S/c1-7-3-8(14(2,12)13)4-9(7,5-10)6-11/h7-8,11H,3-4,6H2,1-2H3/t7-,8-,9-/m1/s1. The maximum atomic E-state index is 11.3. The van der Waals surface area contributed by atoms with Crippen LogP contribution in [0.25, 0.3) is 0 Å². The highest BCUT2D eigenvalue weighted by Crippen LogP contribution is 2.44. The number of sulfone groups is 1. The van der Waals surface area contributed by atoms with E-state index >= 15 is 0 Å². The number of aliphatic hydroxyl groups excluding tert-OH is 1. The Hall–Kier alpha value is -0.600. The molecular weight excluding hydrogens is 202 g/mol. The first kappa shape index (κ1) is 11.5. The molecule has 0 saturated heterocycles. The minimum Gasteiger partial charge on any atom is -0.395 e. The van der Waals surface area contributed by atoms with E-state index in [2.05, 4.69) is 6.07 Å². The summed E-state index contributed by atoms with van der Waals surface area (Å²) in [5.41, 5.74) is -0.853. The molecule has 0 aromatic heterocycles. The molecule has 0 spiro atoms. The smallest absolute Gasteiger partial charge is 0.150 e. The maximum Gasteiger partial charge on any atom is 0.150 e. The van der Waals surface area contributed by atoms with Crippen molar-refractivity contribution in [3.8, 4) is 6.07 Å². The van der Waals surface area contributed by atoms with Gasteiger partial charge >= 0.3 is 0 Å². The third-order valence-corrected chi connectivity index (χ3v) is 4.83. The molecule has 0 radical (unpaired) electrons. The lowest BCUT2D eigenvalue weighted by Crippen LogP contribution is -2.27. The molecule has 80 valence electrons. The molecule has 3 atom stereocenters. The molecule has 0 aromatic rings. The fourth-order valence-corrected chi connectivity index (χ4v) is 3.29. The van der Waals surface area contributed by atoms with Gasteiger partial charge in [0.05, 0.1) is 23.3 Å². The molecule has 5 heteroatoms. The molecule has 1 saturated carbocycles. The van der Waals surface area contributed by atoms with Gasteiger partial charge in [-0.2, -0.15) is 5.26 Å². The average Bonchev–Trinajstić information content (AvgIpc) is 2.43. The number of hydrogen-bond donors (Lipinski definition) is 1. The Morgan fingerprint density at radius 1 is 1.64 bits per heavy atom. The van der Waals surface area contributed by atoms with E-state index in [4.69, 9.17) is 10.4 Å². The van der Waals surface area contributed by atoms with E-state index in [0.717, 1.165) is 0 Å². The Morgan fingerprint density at radius 3 is 2.43 bits per heavy atom. The Labute approximate surface area is 84.5 Å². The molecule has 1 aliphatic carbocycles. The monoisotopic (exact) mass is 217 g/mol. The topological polar surface area (TPSA) is 78.2 Å². The fraction of sp³-hybridized carbons (Fsp3) is 0.889. The van der Waals surface area contributed by atoms with E-state index in [9.17, 15) is 8.42 Å². The number of rotatable bonds is 2. The highest BCUT2D eigenvalue weighted by molar-refractivity contribution is 7.91. The SMILES string of the molecule is C[C@@H]1C[C@@H](S(C)(=O)=O)C[C@@]1(C#N)CO. The maximum absolute atomic E-state index is 11.3. The number of aliphatic hydroxyl groups is 1. The second kappa shape index (κ2) is 3.52. The van der Waals surface area contributed by atoms with Gasteiger partial charge in [0.1, 0.15) is 9.84 Å². The summed E-state index contributed by atoms with van der Waals surface area (Å²) in [7, 11) is -3.09. The van der Waals surface area contributed by atoms with Crippen molar-refractivity contribution in [2.75, 3.05) is 12.9 Å². The van der Waals surface area contributed by atoms with E-state index in [1.807, 2.05) is 6.92 Å². The molecule has 0 aliphatic heterocycles. The van der Waals surface area contributed by atoms with Gasteiger partial charge in [0.2, 0.25) is 0 Å². The van der Waals surface area contributed by atoms with Crippen molar-refractivity contribution < 1.29 is 13.5 Å². The zero-order valence-electron chi connectivity index (χ0n) is 8.40. The van der Waals surface area contributed by atoms with E-state index in [1.165, 1.54) is 6.26 Å². The van der Waals surface area contributed by atoms with Crippen LogP contribution in [-0.2, 0) is 9.84 Å². The number of hydrogen-bond acceptors (Lipinski definition) is 4. The predicted molar refractivity (Wildman–Crippen MR) is 52.2 cm³/mol. The van der Waals surface area contributed by atoms with Gasteiger partial charge in [-0.05, 0) is 18.8 Å². The predicted octanol–water partition coefficient (Wildman–Crippen LogP) is 0.332. The van der Waals surface area contributed by atoms with Crippen LogP contribution in [-0.4, -0.2) is 31.6 Å². The van der Waals surface area contributed by atoms with Crippen molar-refractivity contribution in [2.24, 2.45) is 11.3 Å². The lowest BCUT2D eigenvalue weighted by atomic mass is 9.81. The molecule has 1 N–H and O–H groups in total. The Bertz CT molecular complexity index is 357. The number of nitriles is 1. The van der Waals surface area contributed by atoms with Gasteiger partial charge in [-0.25, -0.2) is 8.42 Å². The molecule has 1 fully saturated rings. The summed E-state index contributed by atoms with van der Waals surface area (Å²) in [5.74, 6) is -0.0581. The molecule has 4 nitrogen and oxygen atoms in total. The summed E-state index contributed by atoms with van der Waals surface area (Å²) in [5, 5.41) is 17.7. The van der Waals surface area contributed by atoms with Crippen LogP contribution in [0.15, 0.2) is 0 Å². The van der Waals surface area contributed by atoms with Crippen LogP contribution >= 0.6 is 0 Å². The van der Waals surface area contributed by atoms with E-state index in [-0.39, 0.29) is 18.9 Å². The molecule has 0 heterocycles. The lowest BCUT2D eigenvalue weighted by molar-refractivity contribution is 0.144. The number of nitrogens with zero attached hydrogens (tertiary/aromatic N) is 1. The van der Waals surface area contributed by atoms with Gasteiger partial charge in [-0.1, -0.05) is 6.92 Å². The summed E-state index contributed by atoms with van der Waals surface area (Å²) in [6.45, 7) is 1.57. The van der Waals surface area contributed by atoms with Crippen molar-refractivity contribution in [1.82, 2.24) is 0 Å². The third kappa shape index (κ3) is 1.77. The van der Waals surface area contributed by atoms with Crippen molar-refractivity contribution >= 4 is 9.84 Å². The minimum atomic E-state index is -3.09. The van der Waals surface area contributed by atoms with Crippen molar-refractivity contribution in [2.45, 2.75) is 25.0 Å². The zero-order chi connectivity index (χ0) is 11.0. The molecule has 0 aromatic carbocycles. The summed E-state index contributed by atoms with van der Waals surface area (Å²) in [6, 6.07) is 2.06. The van der Waals surface area contributed by atoms with Crippen LogP contribution in [0.4, 0.5) is 0 Å². The van der Waals surface area contributed by atoms with Gasteiger partial charge in [0.15, 0.2) is 0 Å². The van der Waals surface area contributed by atoms with Crippen LogP contribution in [0.2, 0.25) is 0 Å². The van der Waals surface area contributed by atoms with Gasteiger partial charge in [-0.3, -0.25) is 0 Å². The third-order valence-electron chi connectivity index (χ3n) is 3.26. The van der Waals surface area contributed by atoms with Crippen LogP contribution in [0.1, 0.15) is 19.8 Å². The Morgan fingerprint density at radius 2 is 2.21 bits per heavy atom.